The highest BCUT2D eigenvalue weighted by molar-refractivity contribution is 5.85. The molecule has 1 aromatic carbocycles. The lowest BCUT2D eigenvalue weighted by Gasteiger charge is -2.10. The minimum atomic E-state index is -0.326. The van der Waals surface area contributed by atoms with Gasteiger partial charge in [-0.3, -0.25) is 0 Å². The van der Waals surface area contributed by atoms with Crippen LogP contribution >= 0.6 is 12.4 Å². The van der Waals surface area contributed by atoms with E-state index < -0.39 is 0 Å². The summed E-state index contributed by atoms with van der Waals surface area (Å²) in [5.41, 5.74) is 2.41. The van der Waals surface area contributed by atoms with Crippen LogP contribution in [-0.2, 0) is 4.74 Å². The minimum Gasteiger partial charge on any atom is -0.447 e. The predicted octanol–water partition coefficient (Wildman–Crippen LogP) is 3.01. The van der Waals surface area contributed by atoms with Crippen molar-refractivity contribution in [1.29, 1.82) is 0 Å². The first-order valence-electron chi connectivity index (χ1n) is 5.20. The Morgan fingerprint density at radius 2 is 1.94 bits per heavy atom. The quantitative estimate of drug-likeness (QED) is 0.865. The molecule has 0 bridgehead atoms. The number of amides is 1. The summed E-state index contributed by atoms with van der Waals surface area (Å²) < 4.78 is 4.85. The first-order chi connectivity index (χ1) is 7.16. The highest BCUT2D eigenvalue weighted by atomic mass is 35.5. The molecule has 1 amide bonds. The number of hydrogen-bond donors (Lipinski definition) is 1. The number of halogens is 1. The molecule has 1 heterocycles. The third kappa shape index (κ3) is 2.67. The average Bonchev–Trinajstić information content (AvgIpc) is 2.65. The molecule has 0 radical (unpaired) electrons. The largest absolute Gasteiger partial charge is 0.447 e. The van der Waals surface area contributed by atoms with Crippen LogP contribution in [0.4, 0.5) is 4.79 Å². The second-order valence-electron chi connectivity index (χ2n) is 4.12. The normalized spacial score (nSPS) is 18.9. The van der Waals surface area contributed by atoms with E-state index in [9.17, 15) is 4.79 Å². The van der Waals surface area contributed by atoms with Gasteiger partial charge in [-0.1, -0.05) is 38.1 Å². The van der Waals surface area contributed by atoms with Crippen LogP contribution in [0.2, 0.25) is 0 Å². The smallest absolute Gasteiger partial charge is 0.407 e. The van der Waals surface area contributed by atoms with Gasteiger partial charge in [0.2, 0.25) is 0 Å². The third-order valence-electron chi connectivity index (χ3n) is 2.68. The zero-order valence-corrected chi connectivity index (χ0v) is 10.2. The van der Waals surface area contributed by atoms with Crippen LogP contribution in [0.15, 0.2) is 24.3 Å². The summed E-state index contributed by atoms with van der Waals surface area (Å²) in [6.07, 6.45) is -0.326. The van der Waals surface area contributed by atoms with Crippen LogP contribution in [0.3, 0.4) is 0 Å². The molecule has 4 heteroatoms. The number of cyclic esters (lactones) is 1. The van der Waals surface area contributed by atoms with Gasteiger partial charge in [-0.05, 0) is 17.0 Å². The van der Waals surface area contributed by atoms with Gasteiger partial charge < -0.3 is 10.1 Å². The molecular formula is C12H16ClNO2. The van der Waals surface area contributed by atoms with Crippen molar-refractivity contribution in [3.05, 3.63) is 35.4 Å². The summed E-state index contributed by atoms with van der Waals surface area (Å²) in [7, 11) is 0. The Labute approximate surface area is 102 Å². The Morgan fingerprint density at radius 1 is 1.31 bits per heavy atom. The fraction of sp³-hybridized carbons (Fsp3) is 0.417. The molecule has 1 aromatic rings. The van der Waals surface area contributed by atoms with E-state index in [1.54, 1.807) is 0 Å². The topological polar surface area (TPSA) is 38.3 Å². The molecular weight excluding hydrogens is 226 g/mol. The predicted molar refractivity (Wildman–Crippen MR) is 65.0 cm³/mol. The molecule has 2 rings (SSSR count). The van der Waals surface area contributed by atoms with Crippen LogP contribution in [0.1, 0.15) is 36.9 Å². The number of alkyl carbamates (subject to hydrolysis) is 1. The molecule has 1 fully saturated rings. The zero-order valence-electron chi connectivity index (χ0n) is 9.40. The van der Waals surface area contributed by atoms with Crippen molar-refractivity contribution in [3.8, 4) is 0 Å². The molecule has 1 saturated heterocycles. The van der Waals surface area contributed by atoms with Crippen molar-refractivity contribution < 1.29 is 9.53 Å². The van der Waals surface area contributed by atoms with E-state index in [1.807, 2.05) is 0 Å². The molecule has 1 aliphatic rings. The summed E-state index contributed by atoms with van der Waals surface area (Å²) >= 11 is 0. The fourth-order valence-corrected chi connectivity index (χ4v) is 1.68. The van der Waals surface area contributed by atoms with E-state index >= 15 is 0 Å². The number of hydrogen-bond acceptors (Lipinski definition) is 2. The molecule has 0 aliphatic carbocycles. The van der Waals surface area contributed by atoms with Crippen molar-refractivity contribution in [2.45, 2.75) is 25.8 Å². The Kier molecular flexibility index (Phi) is 4.19. The van der Waals surface area contributed by atoms with E-state index in [4.69, 9.17) is 4.74 Å². The van der Waals surface area contributed by atoms with Crippen molar-refractivity contribution in [2.24, 2.45) is 0 Å². The van der Waals surface area contributed by atoms with E-state index in [0.717, 1.165) is 5.56 Å². The molecule has 0 saturated carbocycles. The van der Waals surface area contributed by atoms with Crippen LogP contribution in [0.5, 0.6) is 0 Å². The second-order valence-corrected chi connectivity index (χ2v) is 4.12. The van der Waals surface area contributed by atoms with Gasteiger partial charge in [-0.25, -0.2) is 4.79 Å². The van der Waals surface area contributed by atoms with Gasteiger partial charge in [0, 0.05) is 0 Å². The SMILES string of the molecule is CC(C)c1ccc([C@H]2COC(=O)N2)cc1.Cl. The number of benzene rings is 1. The molecule has 88 valence electrons. The molecule has 0 unspecified atom stereocenters. The van der Waals surface area contributed by atoms with Gasteiger partial charge in [-0.2, -0.15) is 0 Å². The van der Waals surface area contributed by atoms with Crippen molar-refractivity contribution in [2.75, 3.05) is 6.61 Å². The van der Waals surface area contributed by atoms with Gasteiger partial charge in [0.05, 0.1) is 6.04 Å². The first kappa shape index (κ1) is 12.8. The lowest BCUT2D eigenvalue weighted by molar-refractivity contribution is 0.177. The van der Waals surface area contributed by atoms with E-state index in [1.165, 1.54) is 5.56 Å². The number of carbonyl (C=O) groups excluding carboxylic acids is 1. The van der Waals surface area contributed by atoms with Crippen LogP contribution in [0.25, 0.3) is 0 Å². The summed E-state index contributed by atoms with van der Waals surface area (Å²) in [4.78, 5) is 10.9. The van der Waals surface area contributed by atoms with Gasteiger partial charge in [0.25, 0.3) is 0 Å². The van der Waals surface area contributed by atoms with Crippen LogP contribution in [0, 0.1) is 0 Å². The van der Waals surface area contributed by atoms with Crippen molar-refractivity contribution >= 4 is 18.5 Å². The standard InChI is InChI=1S/C12H15NO2.ClH/c1-8(2)9-3-5-10(6-4-9)11-7-15-12(14)13-11;/h3-6,8,11H,7H2,1-2H3,(H,13,14);1H/t11-;/m1./s1. The number of ether oxygens (including phenoxy) is 1. The lowest BCUT2D eigenvalue weighted by atomic mass is 9.99. The maximum Gasteiger partial charge on any atom is 0.407 e. The fourth-order valence-electron chi connectivity index (χ4n) is 1.68. The summed E-state index contributed by atoms with van der Waals surface area (Å²) in [5, 5.41) is 2.76. The number of rotatable bonds is 2. The molecule has 0 spiro atoms. The number of carbonyl (C=O) groups is 1. The molecule has 16 heavy (non-hydrogen) atoms. The third-order valence-corrected chi connectivity index (χ3v) is 2.68. The number of nitrogens with one attached hydrogen (secondary N) is 1. The van der Waals surface area contributed by atoms with Gasteiger partial charge in [-0.15, -0.1) is 12.4 Å². The summed E-state index contributed by atoms with van der Waals surface area (Å²) in [5.74, 6) is 0.536. The minimum absolute atomic E-state index is 0. The second kappa shape index (κ2) is 5.21. The molecule has 1 atom stereocenters. The Hall–Kier alpha value is -1.22. The van der Waals surface area contributed by atoms with E-state index in [0.29, 0.717) is 12.5 Å². The molecule has 0 aromatic heterocycles. The van der Waals surface area contributed by atoms with E-state index in [-0.39, 0.29) is 24.5 Å². The maximum atomic E-state index is 10.9. The van der Waals surface area contributed by atoms with Gasteiger partial charge >= 0.3 is 6.09 Å². The van der Waals surface area contributed by atoms with Gasteiger partial charge in [0.15, 0.2) is 0 Å². The van der Waals surface area contributed by atoms with Gasteiger partial charge in [0.1, 0.15) is 6.61 Å². The molecule has 1 aliphatic heterocycles. The highest BCUT2D eigenvalue weighted by Crippen LogP contribution is 2.21. The molecule has 3 nitrogen and oxygen atoms in total. The summed E-state index contributed by atoms with van der Waals surface area (Å²) in [6.45, 7) is 4.75. The monoisotopic (exact) mass is 241 g/mol. The highest BCUT2D eigenvalue weighted by Gasteiger charge is 2.23. The van der Waals surface area contributed by atoms with E-state index in [2.05, 4.69) is 43.4 Å². The first-order valence-corrected chi connectivity index (χ1v) is 5.20. The van der Waals surface area contributed by atoms with Crippen LogP contribution < -0.4 is 5.32 Å². The summed E-state index contributed by atoms with van der Waals surface area (Å²) in [6, 6.07) is 8.32. The average molecular weight is 242 g/mol. The van der Waals surface area contributed by atoms with Crippen molar-refractivity contribution in [3.63, 3.8) is 0 Å². The molecule has 1 N–H and O–H groups in total. The maximum absolute atomic E-state index is 10.9. The lowest BCUT2D eigenvalue weighted by Crippen LogP contribution is -2.18. The Balaban J connectivity index is 0.00000128. The Bertz CT molecular complexity index is 362. The van der Waals surface area contributed by atoms with Crippen molar-refractivity contribution in [1.82, 2.24) is 5.32 Å². The zero-order chi connectivity index (χ0) is 10.8. The Morgan fingerprint density at radius 3 is 2.38 bits per heavy atom. The van der Waals surface area contributed by atoms with Crippen LogP contribution in [-0.4, -0.2) is 12.7 Å².